The van der Waals surface area contributed by atoms with Crippen molar-refractivity contribution in [2.75, 3.05) is 0 Å². The maximum Gasteiger partial charge on any atom is 0.352 e. The number of carbonyl (C=O) groups excluding carboxylic acids is 2. The Kier molecular flexibility index (Phi) is 4.66. The van der Waals surface area contributed by atoms with Gasteiger partial charge in [-0.1, -0.05) is 19.2 Å². The molecular weight excluding hydrogens is 304 g/mol. The molecule has 0 aromatic carbocycles. The molecule has 0 aromatic heterocycles. The van der Waals surface area contributed by atoms with Crippen molar-refractivity contribution < 1.29 is 19.1 Å². The third-order valence-electron chi connectivity index (χ3n) is 6.13. The van der Waals surface area contributed by atoms with Gasteiger partial charge in [-0.15, -0.1) is 6.58 Å². The smallest absolute Gasteiger partial charge is 0.352 e. The summed E-state index contributed by atoms with van der Waals surface area (Å²) in [5.74, 6) is 1.14. The SMILES string of the molecule is C=CCC1(OC(=O)C(C=C)OC(=O)C=C)C2CC3CC(C2)CC1C3. The van der Waals surface area contributed by atoms with Gasteiger partial charge in [0.1, 0.15) is 5.60 Å². The Morgan fingerprint density at radius 3 is 2.08 bits per heavy atom. The van der Waals surface area contributed by atoms with Crippen LogP contribution >= 0.6 is 0 Å². The molecule has 4 rings (SSSR count). The van der Waals surface area contributed by atoms with Gasteiger partial charge in [-0.2, -0.15) is 0 Å². The fourth-order valence-corrected chi connectivity index (χ4v) is 5.36. The van der Waals surface area contributed by atoms with Crippen molar-refractivity contribution >= 4 is 11.9 Å². The van der Waals surface area contributed by atoms with Crippen LogP contribution in [0.4, 0.5) is 0 Å². The molecule has 4 aliphatic carbocycles. The molecule has 1 atom stereocenters. The molecule has 0 radical (unpaired) electrons. The number of esters is 2. The van der Waals surface area contributed by atoms with Crippen LogP contribution in [0.25, 0.3) is 0 Å². The van der Waals surface area contributed by atoms with Crippen LogP contribution in [-0.4, -0.2) is 23.6 Å². The van der Waals surface area contributed by atoms with Crippen LogP contribution in [0.1, 0.15) is 38.5 Å². The van der Waals surface area contributed by atoms with Gasteiger partial charge in [0.05, 0.1) is 0 Å². The van der Waals surface area contributed by atoms with Crippen LogP contribution in [-0.2, 0) is 19.1 Å². The van der Waals surface area contributed by atoms with E-state index in [4.69, 9.17) is 9.47 Å². The second kappa shape index (κ2) is 6.58. The monoisotopic (exact) mass is 330 g/mol. The van der Waals surface area contributed by atoms with E-state index < -0.39 is 23.6 Å². The fourth-order valence-electron chi connectivity index (χ4n) is 5.36. The van der Waals surface area contributed by atoms with E-state index in [9.17, 15) is 9.59 Å². The highest BCUT2D eigenvalue weighted by Gasteiger charge is 2.59. The zero-order valence-corrected chi connectivity index (χ0v) is 14.1. The standard InChI is InChI=1S/C20H26O4/c1-4-7-20(24-19(22)17(5-2)23-18(21)6-3)15-9-13-8-14(11-15)12-16(20)10-13/h4-6,13-17H,1-3,7-12H2. The lowest BCUT2D eigenvalue weighted by Crippen LogP contribution is -2.60. The summed E-state index contributed by atoms with van der Waals surface area (Å²) in [7, 11) is 0. The Labute approximate surface area is 143 Å². The molecular formula is C20H26O4. The molecule has 4 heteroatoms. The highest BCUT2D eigenvalue weighted by molar-refractivity contribution is 5.86. The zero-order valence-electron chi connectivity index (χ0n) is 14.1. The molecule has 0 saturated heterocycles. The first-order valence-electron chi connectivity index (χ1n) is 8.81. The Morgan fingerprint density at radius 2 is 1.62 bits per heavy atom. The molecule has 0 aliphatic heterocycles. The Morgan fingerprint density at radius 1 is 1.04 bits per heavy atom. The molecule has 4 bridgehead atoms. The van der Waals surface area contributed by atoms with Gasteiger partial charge in [0.25, 0.3) is 0 Å². The van der Waals surface area contributed by atoms with E-state index in [1.807, 2.05) is 6.08 Å². The third-order valence-corrected chi connectivity index (χ3v) is 6.13. The highest BCUT2D eigenvalue weighted by atomic mass is 16.6. The van der Waals surface area contributed by atoms with E-state index in [0.29, 0.717) is 18.3 Å². The number of hydrogen-bond acceptors (Lipinski definition) is 4. The normalized spacial score (nSPS) is 37.3. The van der Waals surface area contributed by atoms with Crippen molar-refractivity contribution in [1.82, 2.24) is 0 Å². The van der Waals surface area contributed by atoms with Crippen molar-refractivity contribution in [3.8, 4) is 0 Å². The molecule has 0 aromatic rings. The summed E-state index contributed by atoms with van der Waals surface area (Å²) in [6.45, 7) is 10.8. The fraction of sp³-hybridized carbons (Fsp3) is 0.600. The van der Waals surface area contributed by atoms with Crippen LogP contribution in [0.2, 0.25) is 0 Å². The summed E-state index contributed by atoms with van der Waals surface area (Å²) in [4.78, 5) is 24.1. The van der Waals surface area contributed by atoms with E-state index in [0.717, 1.165) is 43.6 Å². The van der Waals surface area contributed by atoms with Gasteiger partial charge in [-0.3, -0.25) is 0 Å². The van der Waals surface area contributed by atoms with Crippen LogP contribution in [0, 0.1) is 23.7 Å². The molecule has 1 unspecified atom stereocenters. The topological polar surface area (TPSA) is 52.6 Å². The molecule has 4 aliphatic rings. The van der Waals surface area contributed by atoms with Crippen molar-refractivity contribution in [3.63, 3.8) is 0 Å². The van der Waals surface area contributed by atoms with Gasteiger partial charge in [-0.05, 0) is 61.9 Å². The Balaban J connectivity index is 1.80. The molecule has 24 heavy (non-hydrogen) atoms. The van der Waals surface area contributed by atoms with E-state index in [1.165, 1.54) is 12.5 Å². The maximum absolute atomic E-state index is 12.7. The molecule has 4 saturated carbocycles. The van der Waals surface area contributed by atoms with Gasteiger partial charge in [0.15, 0.2) is 0 Å². The average molecular weight is 330 g/mol. The summed E-state index contributed by atoms with van der Waals surface area (Å²) >= 11 is 0. The summed E-state index contributed by atoms with van der Waals surface area (Å²) in [5.41, 5.74) is -0.492. The van der Waals surface area contributed by atoms with Crippen molar-refractivity contribution in [1.29, 1.82) is 0 Å². The van der Waals surface area contributed by atoms with Crippen molar-refractivity contribution in [2.45, 2.75) is 50.2 Å². The quantitative estimate of drug-likeness (QED) is 0.407. The van der Waals surface area contributed by atoms with Gasteiger partial charge >= 0.3 is 11.9 Å². The van der Waals surface area contributed by atoms with Crippen LogP contribution in [0.15, 0.2) is 38.0 Å². The zero-order chi connectivity index (χ0) is 17.3. The van der Waals surface area contributed by atoms with E-state index in [1.54, 1.807) is 0 Å². The molecule has 0 N–H and O–H groups in total. The van der Waals surface area contributed by atoms with Gasteiger partial charge in [0.2, 0.25) is 6.10 Å². The van der Waals surface area contributed by atoms with E-state index in [2.05, 4.69) is 19.7 Å². The molecule has 4 nitrogen and oxygen atoms in total. The Bertz CT molecular complexity index is 534. The van der Waals surface area contributed by atoms with Crippen LogP contribution in [0.5, 0.6) is 0 Å². The van der Waals surface area contributed by atoms with Crippen molar-refractivity contribution in [2.24, 2.45) is 23.7 Å². The molecule has 0 heterocycles. The first kappa shape index (κ1) is 17.0. The molecule has 130 valence electrons. The first-order valence-corrected chi connectivity index (χ1v) is 8.81. The van der Waals surface area contributed by atoms with Gasteiger partial charge in [-0.25, -0.2) is 9.59 Å². The Hall–Kier alpha value is -1.84. The van der Waals surface area contributed by atoms with Crippen molar-refractivity contribution in [3.05, 3.63) is 38.0 Å². The second-order valence-corrected chi connectivity index (χ2v) is 7.47. The summed E-state index contributed by atoms with van der Waals surface area (Å²) in [6, 6.07) is 0. The third kappa shape index (κ3) is 2.83. The van der Waals surface area contributed by atoms with Crippen LogP contribution < -0.4 is 0 Å². The minimum Gasteiger partial charge on any atom is -0.455 e. The van der Waals surface area contributed by atoms with Crippen LogP contribution in [0.3, 0.4) is 0 Å². The summed E-state index contributed by atoms with van der Waals surface area (Å²) in [5, 5.41) is 0. The molecule has 4 fully saturated rings. The average Bonchev–Trinajstić information content (AvgIpc) is 2.56. The lowest BCUT2D eigenvalue weighted by Gasteiger charge is -2.60. The largest absolute Gasteiger partial charge is 0.455 e. The predicted molar refractivity (Wildman–Crippen MR) is 91.0 cm³/mol. The first-order chi connectivity index (χ1) is 11.5. The second-order valence-electron chi connectivity index (χ2n) is 7.47. The summed E-state index contributed by atoms with van der Waals surface area (Å²) in [6.07, 6.45) is 9.60. The maximum atomic E-state index is 12.7. The number of rotatable bonds is 7. The minimum absolute atomic E-state index is 0.385. The van der Waals surface area contributed by atoms with E-state index >= 15 is 0 Å². The predicted octanol–water partition coefficient (Wildman–Crippen LogP) is 3.58. The molecule has 0 amide bonds. The highest BCUT2D eigenvalue weighted by Crippen LogP contribution is 2.60. The lowest BCUT2D eigenvalue weighted by atomic mass is 9.49. The van der Waals surface area contributed by atoms with Gasteiger partial charge < -0.3 is 9.47 Å². The molecule has 0 spiro atoms. The minimum atomic E-state index is -1.09. The van der Waals surface area contributed by atoms with E-state index in [-0.39, 0.29) is 0 Å². The number of hydrogen-bond donors (Lipinski definition) is 0. The summed E-state index contributed by atoms with van der Waals surface area (Å²) < 4.78 is 11.1. The van der Waals surface area contributed by atoms with Gasteiger partial charge in [0, 0.05) is 12.5 Å². The number of ether oxygens (including phenoxy) is 2. The number of carbonyl (C=O) groups is 2. The lowest BCUT2D eigenvalue weighted by molar-refractivity contribution is -0.215.